The van der Waals surface area contributed by atoms with Gasteiger partial charge in [0, 0.05) is 12.6 Å². The van der Waals surface area contributed by atoms with Crippen molar-refractivity contribution in [2.24, 2.45) is 16.7 Å². The Morgan fingerprint density at radius 2 is 1.80 bits per heavy atom. The molecule has 0 aromatic rings. The highest BCUT2D eigenvalue weighted by atomic mass is 35.5. The van der Waals surface area contributed by atoms with E-state index < -0.39 is 0 Å². The largest absolute Gasteiger partial charge is 0.389 e. The Morgan fingerprint density at radius 3 is 2.32 bits per heavy atom. The monoisotopic (exact) mass is 373 g/mol. The molecule has 3 fully saturated rings. The summed E-state index contributed by atoms with van der Waals surface area (Å²) in [5, 5.41) is 10.6. The quantitative estimate of drug-likeness (QED) is 0.704. The lowest BCUT2D eigenvalue weighted by atomic mass is 9.70. The van der Waals surface area contributed by atoms with Gasteiger partial charge in [-0.15, -0.1) is 12.4 Å². The number of halogens is 1. The molecule has 0 aromatic heterocycles. The van der Waals surface area contributed by atoms with E-state index in [0.29, 0.717) is 29.6 Å². The fourth-order valence-electron chi connectivity index (χ4n) is 5.92. The number of hydrogen-bond donors (Lipinski definition) is 1. The fraction of sp³-hybridized carbons (Fsp3) is 1.00. The number of nitrogens with zero attached hydrogens (tertiary/aromatic N) is 1. The van der Waals surface area contributed by atoms with Gasteiger partial charge in [-0.2, -0.15) is 0 Å². The average Bonchev–Trinajstić information content (AvgIpc) is 2.91. The van der Waals surface area contributed by atoms with Crippen LogP contribution in [-0.4, -0.2) is 48.0 Å². The molecule has 1 N–H and O–H groups in total. The molecule has 0 aliphatic heterocycles. The van der Waals surface area contributed by atoms with Crippen LogP contribution in [0.2, 0.25) is 0 Å². The third kappa shape index (κ3) is 4.05. The standard InChI is InChI=1S/C21H39NO2.ClH/c1-5-22(17-9-7-6-8-10-17)14-18(23)15-24-19-13-16-11-12-21(19,4)20(16,2)3;/h16-19,23H,5-15H2,1-4H3;1H. The second-order valence-electron chi connectivity index (χ2n) is 9.47. The van der Waals surface area contributed by atoms with Gasteiger partial charge in [0.2, 0.25) is 0 Å². The van der Waals surface area contributed by atoms with E-state index in [2.05, 4.69) is 32.6 Å². The first kappa shape index (κ1) is 21.5. The predicted octanol–water partition coefficient (Wildman–Crippen LogP) is 4.66. The molecule has 0 saturated heterocycles. The van der Waals surface area contributed by atoms with E-state index in [9.17, 15) is 5.11 Å². The summed E-state index contributed by atoms with van der Waals surface area (Å²) in [6, 6.07) is 0.678. The van der Waals surface area contributed by atoms with Crippen LogP contribution in [0.4, 0.5) is 0 Å². The number of likely N-dealkylation sites (N-methyl/N-ethyl adjacent to an activating group) is 1. The number of rotatable bonds is 7. The van der Waals surface area contributed by atoms with Crippen molar-refractivity contribution >= 4 is 12.4 Å². The summed E-state index contributed by atoms with van der Waals surface area (Å²) in [6.07, 6.45) is 10.5. The second kappa shape index (κ2) is 8.46. The van der Waals surface area contributed by atoms with Crippen molar-refractivity contribution in [3.05, 3.63) is 0 Å². The summed E-state index contributed by atoms with van der Waals surface area (Å²) in [5.41, 5.74) is 0.686. The molecule has 0 amide bonds. The van der Waals surface area contributed by atoms with Gasteiger partial charge in [-0.1, -0.05) is 47.0 Å². The van der Waals surface area contributed by atoms with Gasteiger partial charge in [0.05, 0.1) is 18.8 Å². The van der Waals surface area contributed by atoms with Gasteiger partial charge in [0.25, 0.3) is 0 Å². The molecule has 0 aromatic carbocycles. The van der Waals surface area contributed by atoms with Gasteiger partial charge in [0.15, 0.2) is 0 Å². The predicted molar refractivity (Wildman–Crippen MR) is 106 cm³/mol. The highest BCUT2D eigenvalue weighted by Gasteiger charge is 2.61. The summed E-state index contributed by atoms with van der Waals surface area (Å²) in [5.74, 6) is 0.805. The van der Waals surface area contributed by atoms with Crippen LogP contribution in [0.1, 0.15) is 79.1 Å². The summed E-state index contributed by atoms with van der Waals surface area (Å²) in [7, 11) is 0. The molecule has 4 heteroatoms. The molecule has 4 unspecified atom stereocenters. The van der Waals surface area contributed by atoms with E-state index in [4.69, 9.17) is 4.74 Å². The summed E-state index contributed by atoms with van der Waals surface area (Å²) < 4.78 is 6.29. The van der Waals surface area contributed by atoms with Crippen LogP contribution >= 0.6 is 12.4 Å². The van der Waals surface area contributed by atoms with Gasteiger partial charge in [-0.25, -0.2) is 0 Å². The van der Waals surface area contributed by atoms with Crippen LogP contribution in [0.5, 0.6) is 0 Å². The van der Waals surface area contributed by atoms with Gasteiger partial charge in [-0.3, -0.25) is 4.90 Å². The molecule has 3 aliphatic rings. The Bertz CT molecular complexity index is 424. The van der Waals surface area contributed by atoms with E-state index in [-0.39, 0.29) is 18.5 Å². The van der Waals surface area contributed by atoms with Crippen LogP contribution in [-0.2, 0) is 4.74 Å². The minimum Gasteiger partial charge on any atom is -0.389 e. The van der Waals surface area contributed by atoms with Crippen LogP contribution in [0, 0.1) is 16.7 Å². The maximum absolute atomic E-state index is 10.6. The average molecular weight is 374 g/mol. The second-order valence-corrected chi connectivity index (χ2v) is 9.47. The normalized spacial score (nSPS) is 35.8. The zero-order valence-electron chi connectivity index (χ0n) is 16.8. The van der Waals surface area contributed by atoms with Gasteiger partial charge in [0.1, 0.15) is 0 Å². The molecular weight excluding hydrogens is 334 g/mol. The molecule has 3 nitrogen and oxygen atoms in total. The molecule has 148 valence electrons. The first-order valence-corrected chi connectivity index (χ1v) is 10.4. The smallest absolute Gasteiger partial charge is 0.0900 e. The summed E-state index contributed by atoms with van der Waals surface area (Å²) in [6.45, 7) is 11.8. The lowest BCUT2D eigenvalue weighted by molar-refractivity contribution is -0.0813. The van der Waals surface area contributed by atoms with Crippen LogP contribution < -0.4 is 0 Å². The maximum atomic E-state index is 10.6. The van der Waals surface area contributed by atoms with Crippen molar-refractivity contribution in [2.75, 3.05) is 19.7 Å². The zero-order chi connectivity index (χ0) is 17.4. The van der Waals surface area contributed by atoms with Crippen molar-refractivity contribution in [3.63, 3.8) is 0 Å². The lowest BCUT2D eigenvalue weighted by Gasteiger charge is -2.39. The third-order valence-electron chi connectivity index (χ3n) is 8.15. The first-order valence-electron chi connectivity index (χ1n) is 10.4. The molecule has 3 rings (SSSR count). The SMILES string of the molecule is CCN(CC(O)COC1CC2CCC1(C)C2(C)C)C1CCCCC1.Cl. The fourth-order valence-corrected chi connectivity index (χ4v) is 5.92. The Morgan fingerprint density at radius 1 is 1.12 bits per heavy atom. The minimum atomic E-state index is -0.349. The summed E-state index contributed by atoms with van der Waals surface area (Å²) >= 11 is 0. The van der Waals surface area contributed by atoms with Crippen LogP contribution in [0.25, 0.3) is 0 Å². The van der Waals surface area contributed by atoms with E-state index in [1.807, 2.05) is 0 Å². The molecule has 3 aliphatic carbocycles. The molecule has 0 spiro atoms. The lowest BCUT2D eigenvalue weighted by Crippen LogP contribution is -2.44. The van der Waals surface area contributed by atoms with Gasteiger partial charge >= 0.3 is 0 Å². The summed E-state index contributed by atoms with van der Waals surface area (Å²) in [4.78, 5) is 2.49. The number of ether oxygens (including phenoxy) is 1. The van der Waals surface area contributed by atoms with E-state index in [1.165, 1.54) is 51.4 Å². The van der Waals surface area contributed by atoms with E-state index in [1.54, 1.807) is 0 Å². The number of aliphatic hydroxyl groups is 1. The molecule has 2 bridgehead atoms. The highest BCUT2D eigenvalue weighted by Crippen LogP contribution is 2.66. The third-order valence-corrected chi connectivity index (χ3v) is 8.15. The first-order chi connectivity index (χ1) is 11.4. The Labute approximate surface area is 161 Å². The van der Waals surface area contributed by atoms with Crippen molar-refractivity contribution < 1.29 is 9.84 Å². The van der Waals surface area contributed by atoms with Gasteiger partial charge < -0.3 is 9.84 Å². The highest BCUT2D eigenvalue weighted by molar-refractivity contribution is 5.85. The Balaban J connectivity index is 0.00000225. The van der Waals surface area contributed by atoms with Crippen molar-refractivity contribution in [2.45, 2.75) is 97.3 Å². The van der Waals surface area contributed by atoms with Crippen molar-refractivity contribution in [3.8, 4) is 0 Å². The van der Waals surface area contributed by atoms with Crippen LogP contribution in [0.3, 0.4) is 0 Å². The van der Waals surface area contributed by atoms with Crippen molar-refractivity contribution in [1.29, 1.82) is 0 Å². The number of fused-ring (bicyclic) bond motifs is 2. The topological polar surface area (TPSA) is 32.7 Å². The van der Waals surface area contributed by atoms with Crippen molar-refractivity contribution in [1.82, 2.24) is 4.90 Å². The Hall–Kier alpha value is 0.170. The van der Waals surface area contributed by atoms with E-state index >= 15 is 0 Å². The molecule has 0 heterocycles. The Kier molecular flexibility index (Phi) is 7.26. The number of hydrogen-bond acceptors (Lipinski definition) is 3. The molecule has 0 radical (unpaired) electrons. The molecular formula is C21H40ClNO2. The molecule has 4 atom stereocenters. The van der Waals surface area contributed by atoms with Gasteiger partial charge in [-0.05, 0) is 55.4 Å². The zero-order valence-corrected chi connectivity index (χ0v) is 17.6. The maximum Gasteiger partial charge on any atom is 0.0900 e. The number of aliphatic hydroxyl groups excluding tert-OH is 1. The molecule has 3 saturated carbocycles. The van der Waals surface area contributed by atoms with E-state index in [0.717, 1.165) is 19.0 Å². The molecule has 25 heavy (non-hydrogen) atoms. The van der Waals surface area contributed by atoms with Crippen LogP contribution in [0.15, 0.2) is 0 Å². The minimum absolute atomic E-state index is 0.